The number of fused-ring (bicyclic) bond motifs is 21. The molecule has 0 saturated heterocycles. The molecule has 128 heavy (non-hydrogen) atoms. The summed E-state index contributed by atoms with van der Waals surface area (Å²) >= 11 is 3.79. The molecule has 0 aliphatic carbocycles. The zero-order valence-corrected chi connectivity index (χ0v) is 71.0. The molecular weight excluding hydrogens is 1590 g/mol. The van der Waals surface area contributed by atoms with Gasteiger partial charge in [-0.05, 0) is 206 Å². The number of rotatable bonds is 13. The van der Waals surface area contributed by atoms with Gasteiger partial charge in [0.25, 0.3) is 0 Å². The van der Waals surface area contributed by atoms with Gasteiger partial charge in [0.15, 0.2) is 0 Å². The van der Waals surface area contributed by atoms with Gasteiger partial charge in [0.05, 0.1) is 0 Å². The predicted molar refractivity (Wildman–Crippen MR) is 548 cm³/mol. The SMILES string of the molecule is c1ccc(-c2ccc(N(c3ccc(-c4cccc5c4oc4c6ccccc6ccc54)cc3)c3ccc(-c4cccc5c4sc4ccc6ccccc6c45)cc3)cc2)cc1.c1ccc2c(-c3ccc(N(c4ccc(-c5ccc(-c6cccc7c6oc6ccc8ccccc8c67)cc5)cc4)c4ccc(-c5cccc6c5sc5c7ccccc7ccc65)cc4)cc3)cccc2c1. The maximum Gasteiger partial charge on any atom is 0.143 e. The van der Waals surface area contributed by atoms with Crippen molar-refractivity contribution in [2.45, 2.75) is 0 Å². The normalized spacial score (nSPS) is 11.8. The molecule has 0 spiro atoms. The van der Waals surface area contributed by atoms with Crippen LogP contribution in [-0.4, -0.2) is 0 Å². The summed E-state index contributed by atoms with van der Waals surface area (Å²) in [6, 6.07) is 167. The van der Waals surface area contributed by atoms with Gasteiger partial charge in [0, 0.05) is 113 Å². The highest BCUT2D eigenvalue weighted by molar-refractivity contribution is 7.27. The lowest BCUT2D eigenvalue weighted by molar-refractivity contribution is 0.670. The van der Waals surface area contributed by atoms with Crippen LogP contribution in [0.25, 0.3) is 216 Å². The summed E-state index contributed by atoms with van der Waals surface area (Å²) in [5.74, 6) is 0. The molecule has 0 bridgehead atoms. The summed E-state index contributed by atoms with van der Waals surface area (Å²) < 4.78 is 18.6. The van der Waals surface area contributed by atoms with Crippen LogP contribution in [0.5, 0.6) is 0 Å². The first-order valence-corrected chi connectivity index (χ1v) is 45.3. The number of nitrogens with zero attached hydrogens (tertiary/aromatic N) is 2. The van der Waals surface area contributed by atoms with Crippen LogP contribution in [-0.2, 0) is 0 Å². The fourth-order valence-electron chi connectivity index (χ4n) is 19.7. The van der Waals surface area contributed by atoms with Crippen molar-refractivity contribution in [1.82, 2.24) is 0 Å². The lowest BCUT2D eigenvalue weighted by Crippen LogP contribution is -2.09. The van der Waals surface area contributed by atoms with Gasteiger partial charge in [0.1, 0.15) is 22.3 Å². The van der Waals surface area contributed by atoms with Crippen molar-refractivity contribution in [3.63, 3.8) is 0 Å². The summed E-state index contributed by atoms with van der Waals surface area (Å²) in [5, 5.41) is 22.3. The summed E-state index contributed by atoms with van der Waals surface area (Å²) in [6.45, 7) is 0. The van der Waals surface area contributed by atoms with E-state index < -0.39 is 0 Å². The van der Waals surface area contributed by atoms with Crippen LogP contribution < -0.4 is 9.80 Å². The van der Waals surface area contributed by atoms with Crippen molar-refractivity contribution in [1.29, 1.82) is 0 Å². The minimum atomic E-state index is 0.914. The van der Waals surface area contributed by atoms with E-state index in [9.17, 15) is 0 Å². The Hall–Kier alpha value is -16.2. The van der Waals surface area contributed by atoms with Gasteiger partial charge in [-0.25, -0.2) is 0 Å². The first-order chi connectivity index (χ1) is 63.4. The molecular formula is C122H76N2O2S2. The van der Waals surface area contributed by atoms with Crippen LogP contribution >= 0.6 is 22.7 Å². The number of para-hydroxylation sites is 2. The van der Waals surface area contributed by atoms with E-state index in [-0.39, 0.29) is 0 Å². The van der Waals surface area contributed by atoms with Crippen LogP contribution in [0.3, 0.4) is 0 Å². The molecule has 0 aliphatic heterocycles. The third-order valence-corrected chi connectivity index (χ3v) is 28.5. The van der Waals surface area contributed by atoms with Crippen molar-refractivity contribution in [3.8, 4) is 77.9 Å². The Morgan fingerprint density at radius 3 is 1.03 bits per heavy atom. The third kappa shape index (κ3) is 12.8. The van der Waals surface area contributed by atoms with Crippen molar-refractivity contribution >= 4 is 195 Å². The number of hydrogen-bond donors (Lipinski definition) is 0. The lowest BCUT2D eigenvalue weighted by atomic mass is 9.97. The second kappa shape index (κ2) is 30.9. The molecule has 0 fully saturated rings. The molecule has 0 aliphatic rings. The van der Waals surface area contributed by atoms with Crippen LogP contribution in [0.4, 0.5) is 34.1 Å². The van der Waals surface area contributed by atoms with E-state index in [1.165, 1.54) is 139 Å². The van der Waals surface area contributed by atoms with Crippen LogP contribution in [0.2, 0.25) is 0 Å². The van der Waals surface area contributed by atoms with Crippen molar-refractivity contribution < 1.29 is 8.83 Å². The van der Waals surface area contributed by atoms with E-state index in [4.69, 9.17) is 8.83 Å². The molecule has 0 amide bonds. The largest absolute Gasteiger partial charge is 0.455 e. The van der Waals surface area contributed by atoms with Gasteiger partial charge in [-0.2, -0.15) is 0 Å². The van der Waals surface area contributed by atoms with Gasteiger partial charge in [-0.3, -0.25) is 0 Å². The molecule has 22 aromatic carbocycles. The second-order valence-electron chi connectivity index (χ2n) is 33.2. The fourth-order valence-corrected chi connectivity index (χ4v) is 22.3. The Labute approximate surface area is 746 Å². The fraction of sp³-hybridized carbons (Fsp3) is 0. The highest BCUT2D eigenvalue weighted by atomic mass is 32.1. The van der Waals surface area contributed by atoms with E-state index in [1.54, 1.807) is 0 Å². The standard InChI is InChI=1S/C66H41NOS.C56H35NOS/c1-4-14-53-44(10-1)13-7-17-54(53)47-28-36-51(37-29-47)67(52-38-30-49(31-39-52)58-19-9-20-59-60-40-32-46-12-3-6-16-57(46)66(60)69-65(58)59)50-34-26-43(27-35-50)42-22-24-48(25-23-42)56-18-8-21-61-63-55-15-5-2-11-45(55)33-41-62(63)68-64(56)61;1-2-10-36(11-3-1)37-20-28-42(29-21-37)57(43-30-22-40(23-31-43)47-16-8-18-49-50-34-26-39-13-5-7-15-46(39)55(50)58-54(47)49)44-32-24-41(25-33-44)48-17-9-19-51-53-45-14-6-4-12-38(45)27-35-52(53)59-56(48)51/h1-41H;1-35H. The van der Waals surface area contributed by atoms with E-state index in [1.807, 2.05) is 22.7 Å². The zero-order valence-electron chi connectivity index (χ0n) is 69.4. The van der Waals surface area contributed by atoms with E-state index >= 15 is 0 Å². The van der Waals surface area contributed by atoms with Crippen molar-refractivity contribution in [3.05, 3.63) is 461 Å². The Bertz CT molecular complexity index is 8770. The van der Waals surface area contributed by atoms with Crippen LogP contribution in [0.15, 0.2) is 470 Å². The van der Waals surface area contributed by atoms with Gasteiger partial charge in [-0.15, -0.1) is 22.7 Å². The Balaban J connectivity index is 0.000000141. The molecule has 0 N–H and O–H groups in total. The third-order valence-electron chi connectivity index (χ3n) is 26.0. The van der Waals surface area contributed by atoms with Crippen LogP contribution in [0, 0.1) is 0 Å². The number of thiophene rings is 2. The Morgan fingerprint density at radius 2 is 0.477 bits per heavy atom. The van der Waals surface area contributed by atoms with E-state index in [2.05, 4.69) is 471 Å². The molecule has 26 aromatic rings. The summed E-state index contributed by atoms with van der Waals surface area (Å²) in [5.41, 5.74) is 26.7. The zero-order chi connectivity index (χ0) is 84.3. The lowest BCUT2D eigenvalue weighted by Gasteiger charge is -2.26. The molecule has 0 unspecified atom stereocenters. The predicted octanol–water partition coefficient (Wildman–Crippen LogP) is 36.3. The Morgan fingerprint density at radius 1 is 0.156 bits per heavy atom. The minimum absolute atomic E-state index is 0.914. The molecule has 0 atom stereocenters. The summed E-state index contributed by atoms with van der Waals surface area (Å²) in [7, 11) is 0. The number of hydrogen-bond acceptors (Lipinski definition) is 6. The summed E-state index contributed by atoms with van der Waals surface area (Å²) in [6.07, 6.45) is 0. The highest BCUT2D eigenvalue weighted by Crippen LogP contribution is 2.50. The average Bonchev–Trinajstić information content (AvgIpc) is 1.60. The first-order valence-electron chi connectivity index (χ1n) is 43.6. The molecule has 0 saturated carbocycles. The second-order valence-corrected chi connectivity index (χ2v) is 35.3. The minimum Gasteiger partial charge on any atom is -0.455 e. The molecule has 26 rings (SSSR count). The smallest absolute Gasteiger partial charge is 0.143 e. The molecule has 4 aromatic heterocycles. The number of anilines is 6. The maximum absolute atomic E-state index is 6.72. The molecule has 4 heterocycles. The Kier molecular flexibility index (Phi) is 18.0. The maximum atomic E-state index is 6.72. The van der Waals surface area contributed by atoms with E-state index in [0.717, 1.165) is 111 Å². The van der Waals surface area contributed by atoms with Gasteiger partial charge in [-0.1, -0.05) is 370 Å². The van der Waals surface area contributed by atoms with Crippen LogP contribution in [0.1, 0.15) is 0 Å². The number of furan rings is 2. The summed E-state index contributed by atoms with van der Waals surface area (Å²) in [4.78, 5) is 4.72. The molecule has 598 valence electrons. The van der Waals surface area contributed by atoms with Crippen molar-refractivity contribution in [2.75, 3.05) is 9.80 Å². The molecule has 6 heteroatoms. The average molecular weight is 1670 g/mol. The first kappa shape index (κ1) is 74.4. The van der Waals surface area contributed by atoms with Gasteiger partial charge in [0.2, 0.25) is 0 Å². The van der Waals surface area contributed by atoms with Gasteiger partial charge >= 0.3 is 0 Å². The topological polar surface area (TPSA) is 32.8 Å². The van der Waals surface area contributed by atoms with E-state index in [0.29, 0.717) is 0 Å². The molecule has 4 nitrogen and oxygen atoms in total. The quantitative estimate of drug-likeness (QED) is 0.115. The number of benzene rings is 22. The molecule has 0 radical (unpaired) electrons. The monoisotopic (exact) mass is 1660 g/mol. The highest BCUT2D eigenvalue weighted by Gasteiger charge is 2.23. The van der Waals surface area contributed by atoms with Crippen molar-refractivity contribution in [2.24, 2.45) is 0 Å². The van der Waals surface area contributed by atoms with Gasteiger partial charge < -0.3 is 18.6 Å².